The maximum atomic E-state index is 4.51. The molecule has 2 aromatic rings. The van der Waals surface area contributed by atoms with Gasteiger partial charge < -0.3 is 20.1 Å². The van der Waals surface area contributed by atoms with Crippen LogP contribution in [0.1, 0.15) is 18.4 Å². The zero-order chi connectivity index (χ0) is 16.3. The van der Waals surface area contributed by atoms with Gasteiger partial charge >= 0.3 is 0 Å². The highest BCUT2D eigenvalue weighted by atomic mass is 15.3. The minimum Gasteiger partial charge on any atom is -0.345 e. The molecule has 0 atom stereocenters. The molecule has 0 radical (unpaired) electrons. The maximum absolute atomic E-state index is 4.51. The van der Waals surface area contributed by atoms with Crippen LogP contribution in [0.5, 0.6) is 0 Å². The summed E-state index contributed by atoms with van der Waals surface area (Å²) >= 11 is 0. The standard InChI is InChI=1S/C18H29N5/c1-19-10-6-11-20-12-7-14-22(2)18-21-13-15-23(18)16-17-8-4-3-5-9-17/h3-5,8-9,13,15,19-20H,6-7,10-12,14,16H2,1-2H3. The first kappa shape index (κ1) is 17.5. The molecule has 2 rings (SSSR count). The molecule has 1 aromatic heterocycles. The molecule has 2 N–H and O–H groups in total. The summed E-state index contributed by atoms with van der Waals surface area (Å²) in [5, 5.41) is 6.64. The molecule has 0 amide bonds. The van der Waals surface area contributed by atoms with E-state index in [1.54, 1.807) is 0 Å². The van der Waals surface area contributed by atoms with Crippen LogP contribution < -0.4 is 15.5 Å². The van der Waals surface area contributed by atoms with Crippen molar-refractivity contribution in [1.82, 2.24) is 20.2 Å². The SMILES string of the molecule is CNCCCNCCCN(C)c1nccn1Cc1ccccc1. The minimum absolute atomic E-state index is 0.864. The van der Waals surface area contributed by atoms with Gasteiger partial charge in [0.05, 0.1) is 6.54 Å². The Balaban J connectivity index is 1.75. The second kappa shape index (κ2) is 10.0. The Hall–Kier alpha value is -1.85. The largest absolute Gasteiger partial charge is 0.345 e. The summed E-state index contributed by atoms with van der Waals surface area (Å²) in [5.74, 6) is 1.03. The maximum Gasteiger partial charge on any atom is 0.205 e. The highest BCUT2D eigenvalue weighted by molar-refractivity contribution is 5.31. The zero-order valence-electron chi connectivity index (χ0n) is 14.3. The van der Waals surface area contributed by atoms with Gasteiger partial charge in [0.15, 0.2) is 0 Å². The van der Waals surface area contributed by atoms with Crippen molar-refractivity contribution in [2.75, 3.05) is 45.2 Å². The lowest BCUT2D eigenvalue weighted by atomic mass is 10.2. The molecule has 23 heavy (non-hydrogen) atoms. The predicted molar refractivity (Wildman–Crippen MR) is 97.1 cm³/mol. The molecule has 0 spiro atoms. The van der Waals surface area contributed by atoms with Gasteiger partial charge in [-0.05, 0) is 45.1 Å². The molecule has 0 saturated carbocycles. The van der Waals surface area contributed by atoms with Crippen LogP contribution in [0.2, 0.25) is 0 Å². The Morgan fingerprint density at radius 1 is 1.09 bits per heavy atom. The monoisotopic (exact) mass is 315 g/mol. The van der Waals surface area contributed by atoms with Crippen LogP contribution >= 0.6 is 0 Å². The van der Waals surface area contributed by atoms with Crippen LogP contribution in [0.3, 0.4) is 0 Å². The van der Waals surface area contributed by atoms with E-state index in [9.17, 15) is 0 Å². The van der Waals surface area contributed by atoms with Crippen LogP contribution in [0.15, 0.2) is 42.7 Å². The normalized spacial score (nSPS) is 10.9. The Morgan fingerprint density at radius 3 is 2.65 bits per heavy atom. The molecule has 126 valence electrons. The number of aromatic nitrogens is 2. The Labute approximate surface area is 139 Å². The molecule has 0 aliphatic rings. The zero-order valence-corrected chi connectivity index (χ0v) is 14.3. The quantitative estimate of drug-likeness (QED) is 0.622. The van der Waals surface area contributed by atoms with Crippen molar-refractivity contribution in [3.63, 3.8) is 0 Å². The van der Waals surface area contributed by atoms with Gasteiger partial charge in [-0.2, -0.15) is 0 Å². The number of rotatable bonds is 11. The average molecular weight is 315 g/mol. The number of anilines is 1. The lowest BCUT2D eigenvalue weighted by Crippen LogP contribution is -2.27. The van der Waals surface area contributed by atoms with E-state index in [-0.39, 0.29) is 0 Å². The van der Waals surface area contributed by atoms with Gasteiger partial charge in [0.2, 0.25) is 5.95 Å². The molecule has 0 bridgehead atoms. The van der Waals surface area contributed by atoms with E-state index >= 15 is 0 Å². The van der Waals surface area contributed by atoms with Crippen molar-refractivity contribution in [2.45, 2.75) is 19.4 Å². The fraction of sp³-hybridized carbons (Fsp3) is 0.500. The van der Waals surface area contributed by atoms with E-state index < -0.39 is 0 Å². The molecule has 0 saturated heterocycles. The lowest BCUT2D eigenvalue weighted by Gasteiger charge is -2.20. The highest BCUT2D eigenvalue weighted by Gasteiger charge is 2.08. The fourth-order valence-electron chi connectivity index (χ4n) is 2.60. The van der Waals surface area contributed by atoms with Crippen molar-refractivity contribution < 1.29 is 0 Å². The van der Waals surface area contributed by atoms with E-state index in [1.807, 2.05) is 19.3 Å². The topological polar surface area (TPSA) is 45.1 Å². The first-order chi connectivity index (χ1) is 11.3. The molecule has 1 heterocycles. The van der Waals surface area contributed by atoms with E-state index in [1.165, 1.54) is 12.0 Å². The predicted octanol–water partition coefficient (Wildman–Crippen LogP) is 1.96. The summed E-state index contributed by atoms with van der Waals surface area (Å²) in [5.41, 5.74) is 1.30. The lowest BCUT2D eigenvalue weighted by molar-refractivity contribution is 0.601. The smallest absolute Gasteiger partial charge is 0.205 e. The third-order valence-electron chi connectivity index (χ3n) is 3.86. The Morgan fingerprint density at radius 2 is 1.87 bits per heavy atom. The number of hydrogen-bond acceptors (Lipinski definition) is 4. The number of imidazole rings is 1. The Kier molecular flexibility index (Phi) is 7.63. The van der Waals surface area contributed by atoms with Crippen LogP contribution in [0, 0.1) is 0 Å². The third kappa shape index (κ3) is 6.04. The van der Waals surface area contributed by atoms with Crippen LogP contribution in [-0.2, 0) is 6.54 Å². The summed E-state index contributed by atoms with van der Waals surface area (Å²) in [6.07, 6.45) is 6.22. The van der Waals surface area contributed by atoms with Crippen molar-refractivity contribution in [2.24, 2.45) is 0 Å². The van der Waals surface area contributed by atoms with Crippen LogP contribution in [0.4, 0.5) is 5.95 Å². The van der Waals surface area contributed by atoms with Gasteiger partial charge in [-0.25, -0.2) is 4.98 Å². The summed E-state index contributed by atoms with van der Waals surface area (Å²) in [6.45, 7) is 5.07. The first-order valence-electron chi connectivity index (χ1n) is 8.43. The van der Waals surface area contributed by atoms with Crippen LogP contribution in [-0.4, -0.2) is 49.8 Å². The minimum atomic E-state index is 0.864. The molecule has 0 aliphatic heterocycles. The highest BCUT2D eigenvalue weighted by Crippen LogP contribution is 2.13. The van der Waals surface area contributed by atoms with Crippen LogP contribution in [0.25, 0.3) is 0 Å². The molecule has 0 aliphatic carbocycles. The van der Waals surface area contributed by atoms with Gasteiger partial charge in [0.1, 0.15) is 0 Å². The van der Waals surface area contributed by atoms with Crippen molar-refractivity contribution in [1.29, 1.82) is 0 Å². The van der Waals surface area contributed by atoms with E-state index in [2.05, 4.69) is 62.6 Å². The van der Waals surface area contributed by atoms with Crippen molar-refractivity contribution in [3.8, 4) is 0 Å². The van der Waals surface area contributed by atoms with Gasteiger partial charge in [-0.1, -0.05) is 30.3 Å². The van der Waals surface area contributed by atoms with E-state index in [0.717, 1.165) is 45.1 Å². The molecular weight excluding hydrogens is 286 g/mol. The number of benzene rings is 1. The molecule has 1 aromatic carbocycles. The molecular formula is C18H29N5. The first-order valence-corrected chi connectivity index (χ1v) is 8.43. The third-order valence-corrected chi connectivity index (χ3v) is 3.86. The number of nitrogens with one attached hydrogen (secondary N) is 2. The van der Waals surface area contributed by atoms with Crippen molar-refractivity contribution >= 4 is 5.95 Å². The van der Waals surface area contributed by atoms with Gasteiger partial charge in [-0.15, -0.1) is 0 Å². The van der Waals surface area contributed by atoms with Gasteiger partial charge in [-0.3, -0.25) is 0 Å². The van der Waals surface area contributed by atoms with Gasteiger partial charge in [0.25, 0.3) is 0 Å². The Bertz CT molecular complexity index is 537. The summed E-state index contributed by atoms with van der Waals surface area (Å²) in [7, 11) is 4.11. The number of hydrogen-bond donors (Lipinski definition) is 2. The second-order valence-electron chi connectivity index (χ2n) is 5.82. The average Bonchev–Trinajstić information content (AvgIpc) is 3.03. The molecule has 5 nitrogen and oxygen atoms in total. The summed E-state index contributed by atoms with van der Waals surface area (Å²) in [4.78, 5) is 6.75. The van der Waals surface area contributed by atoms with Gasteiger partial charge in [0, 0.05) is 26.0 Å². The number of nitrogens with zero attached hydrogens (tertiary/aromatic N) is 3. The van der Waals surface area contributed by atoms with E-state index in [4.69, 9.17) is 0 Å². The second-order valence-corrected chi connectivity index (χ2v) is 5.82. The summed E-state index contributed by atoms with van der Waals surface area (Å²) in [6, 6.07) is 10.5. The molecule has 0 unspecified atom stereocenters. The van der Waals surface area contributed by atoms with E-state index in [0.29, 0.717) is 0 Å². The molecule has 5 heteroatoms. The summed E-state index contributed by atoms with van der Waals surface area (Å²) < 4.78 is 2.20. The van der Waals surface area contributed by atoms with Crippen molar-refractivity contribution in [3.05, 3.63) is 48.3 Å². The fourth-order valence-corrected chi connectivity index (χ4v) is 2.60. The molecule has 0 fully saturated rings.